The Labute approximate surface area is 164 Å². The average Bonchev–Trinajstić information content (AvgIpc) is 2.68. The first-order valence-corrected chi connectivity index (χ1v) is 9.33. The molecule has 1 aliphatic rings. The molecule has 5 nitrogen and oxygen atoms in total. The molecule has 0 aliphatic carbocycles. The topological polar surface area (TPSA) is 55.6 Å². The zero-order chi connectivity index (χ0) is 19.6. The summed E-state index contributed by atoms with van der Waals surface area (Å²) < 4.78 is 5.22. The summed E-state index contributed by atoms with van der Waals surface area (Å²) in [5, 5.41) is 12.7. The van der Waals surface area contributed by atoms with Crippen LogP contribution in [-0.2, 0) is 0 Å². The van der Waals surface area contributed by atoms with Crippen molar-refractivity contribution < 1.29 is 9.66 Å². The highest BCUT2D eigenvalue weighted by Crippen LogP contribution is 2.40. The molecular weight excluding hydrogens is 364 g/mol. The van der Waals surface area contributed by atoms with Crippen LogP contribution in [0, 0.1) is 10.1 Å². The average molecular weight is 387 g/mol. The summed E-state index contributed by atoms with van der Waals surface area (Å²) in [5.74, 6) is 0.478. The molecule has 1 aliphatic heterocycles. The van der Waals surface area contributed by atoms with Crippen LogP contribution in [0.25, 0.3) is 0 Å². The standard InChI is InChI=1S/C21H23ClN2O3/c1-4-19-21(24(25)26)20(15-5-7-16(22)8-6-15)14(2)13-23(19)17-9-11-18(27-3)12-10-17/h5-13,19-21H,4H2,1-3H3. The van der Waals surface area contributed by atoms with Crippen molar-refractivity contribution in [2.45, 2.75) is 38.3 Å². The van der Waals surface area contributed by atoms with Gasteiger partial charge in [0.2, 0.25) is 6.04 Å². The lowest BCUT2D eigenvalue weighted by atomic mass is 9.78. The molecule has 0 saturated carbocycles. The van der Waals surface area contributed by atoms with Gasteiger partial charge in [-0.2, -0.15) is 0 Å². The van der Waals surface area contributed by atoms with E-state index in [1.807, 2.05) is 61.3 Å². The lowest BCUT2D eigenvalue weighted by molar-refractivity contribution is -0.529. The molecule has 0 saturated heterocycles. The molecule has 6 heteroatoms. The Balaban J connectivity index is 2.07. The van der Waals surface area contributed by atoms with E-state index in [-0.39, 0.29) is 16.9 Å². The Hall–Kier alpha value is -2.53. The zero-order valence-corrected chi connectivity index (χ0v) is 16.4. The third kappa shape index (κ3) is 3.78. The number of methoxy groups -OCH3 is 1. The number of rotatable bonds is 5. The lowest BCUT2D eigenvalue weighted by Gasteiger charge is -2.40. The minimum atomic E-state index is -0.747. The summed E-state index contributed by atoms with van der Waals surface area (Å²) in [6, 6.07) is 14.0. The van der Waals surface area contributed by atoms with Gasteiger partial charge in [-0.05, 0) is 60.9 Å². The third-order valence-corrected chi connectivity index (χ3v) is 5.44. The van der Waals surface area contributed by atoms with Gasteiger partial charge in [0.15, 0.2) is 0 Å². The van der Waals surface area contributed by atoms with Crippen LogP contribution in [0.5, 0.6) is 5.75 Å². The van der Waals surface area contributed by atoms with Crippen LogP contribution in [0.1, 0.15) is 31.7 Å². The van der Waals surface area contributed by atoms with Crippen LogP contribution in [0.4, 0.5) is 5.69 Å². The zero-order valence-electron chi connectivity index (χ0n) is 15.6. The first-order valence-electron chi connectivity index (χ1n) is 8.96. The van der Waals surface area contributed by atoms with Crippen LogP contribution in [0.2, 0.25) is 5.02 Å². The molecule has 0 amide bonds. The van der Waals surface area contributed by atoms with Gasteiger partial charge in [0.05, 0.1) is 13.0 Å². The number of benzene rings is 2. The number of hydrogen-bond acceptors (Lipinski definition) is 4. The van der Waals surface area contributed by atoms with Gasteiger partial charge in [0, 0.05) is 21.8 Å². The molecule has 3 rings (SSSR count). The molecule has 0 N–H and O–H groups in total. The fourth-order valence-corrected chi connectivity index (χ4v) is 4.03. The van der Waals surface area contributed by atoms with Crippen molar-refractivity contribution in [2.75, 3.05) is 12.0 Å². The second-order valence-electron chi connectivity index (χ2n) is 6.76. The van der Waals surface area contributed by atoms with Crippen molar-refractivity contribution in [3.63, 3.8) is 0 Å². The van der Waals surface area contributed by atoms with Crippen LogP contribution in [-0.4, -0.2) is 24.1 Å². The number of nitrogens with zero attached hydrogens (tertiary/aromatic N) is 2. The van der Waals surface area contributed by atoms with E-state index in [9.17, 15) is 10.1 Å². The highest BCUT2D eigenvalue weighted by molar-refractivity contribution is 6.30. The van der Waals surface area contributed by atoms with Crippen molar-refractivity contribution in [1.29, 1.82) is 0 Å². The van der Waals surface area contributed by atoms with Crippen LogP contribution in [0.3, 0.4) is 0 Å². The summed E-state index contributed by atoms with van der Waals surface area (Å²) in [6.07, 6.45) is 2.70. The second-order valence-corrected chi connectivity index (χ2v) is 7.20. The largest absolute Gasteiger partial charge is 0.497 e. The molecule has 2 aromatic carbocycles. The summed E-state index contributed by atoms with van der Waals surface area (Å²) >= 11 is 6.00. The van der Waals surface area contributed by atoms with E-state index in [2.05, 4.69) is 0 Å². The summed E-state index contributed by atoms with van der Waals surface area (Å²) in [5.41, 5.74) is 2.80. The maximum Gasteiger partial charge on any atom is 0.243 e. The first kappa shape index (κ1) is 19.2. The first-order chi connectivity index (χ1) is 13.0. The van der Waals surface area contributed by atoms with Gasteiger partial charge in [-0.15, -0.1) is 0 Å². The molecule has 1 heterocycles. The predicted octanol–water partition coefficient (Wildman–Crippen LogP) is 5.28. The molecule has 0 spiro atoms. The van der Waals surface area contributed by atoms with Crippen LogP contribution >= 0.6 is 11.6 Å². The molecule has 142 valence electrons. The quantitative estimate of drug-likeness (QED) is 0.518. The summed E-state index contributed by atoms with van der Waals surface area (Å²) in [6.45, 7) is 3.95. The van der Waals surface area contributed by atoms with Crippen LogP contribution in [0.15, 0.2) is 60.3 Å². The Morgan fingerprint density at radius 3 is 2.30 bits per heavy atom. The molecule has 0 radical (unpaired) electrons. The maximum atomic E-state index is 12.1. The minimum absolute atomic E-state index is 0.138. The predicted molar refractivity (Wildman–Crippen MR) is 108 cm³/mol. The fourth-order valence-electron chi connectivity index (χ4n) is 3.90. The monoisotopic (exact) mass is 386 g/mol. The van der Waals surface area contributed by atoms with Crippen molar-refractivity contribution in [2.24, 2.45) is 0 Å². The Bertz CT molecular complexity index is 834. The van der Waals surface area contributed by atoms with E-state index >= 15 is 0 Å². The maximum absolute atomic E-state index is 12.1. The van der Waals surface area contributed by atoms with Crippen molar-refractivity contribution in [1.82, 2.24) is 0 Å². The molecule has 3 atom stereocenters. The smallest absolute Gasteiger partial charge is 0.243 e. The number of halogens is 1. The fraction of sp³-hybridized carbons (Fsp3) is 0.333. The molecule has 3 unspecified atom stereocenters. The third-order valence-electron chi connectivity index (χ3n) is 5.19. The van der Waals surface area contributed by atoms with E-state index in [4.69, 9.17) is 16.3 Å². The summed E-state index contributed by atoms with van der Waals surface area (Å²) in [7, 11) is 1.62. The van der Waals surface area contributed by atoms with E-state index in [1.54, 1.807) is 19.2 Å². The lowest BCUT2D eigenvalue weighted by Crippen LogP contribution is -2.51. The van der Waals surface area contributed by atoms with Gasteiger partial charge < -0.3 is 9.64 Å². The van der Waals surface area contributed by atoms with Crippen molar-refractivity contribution in [3.05, 3.63) is 81.0 Å². The van der Waals surface area contributed by atoms with Gasteiger partial charge in [-0.1, -0.05) is 30.7 Å². The normalized spacial score (nSPS) is 22.3. The molecule has 0 fully saturated rings. The van der Waals surface area contributed by atoms with Gasteiger partial charge >= 0.3 is 0 Å². The Morgan fingerprint density at radius 2 is 1.78 bits per heavy atom. The Morgan fingerprint density at radius 1 is 1.15 bits per heavy atom. The van der Waals surface area contributed by atoms with Crippen molar-refractivity contribution >= 4 is 17.3 Å². The molecule has 0 bridgehead atoms. The molecule has 0 aromatic heterocycles. The Kier molecular flexibility index (Phi) is 5.71. The van der Waals surface area contributed by atoms with E-state index in [0.29, 0.717) is 11.4 Å². The molecule has 27 heavy (non-hydrogen) atoms. The number of nitro groups is 1. The highest BCUT2D eigenvalue weighted by atomic mass is 35.5. The highest BCUT2D eigenvalue weighted by Gasteiger charge is 2.46. The second kappa shape index (κ2) is 8.01. The van der Waals surface area contributed by atoms with E-state index in [0.717, 1.165) is 22.6 Å². The number of ether oxygens (including phenoxy) is 1. The van der Waals surface area contributed by atoms with E-state index < -0.39 is 6.04 Å². The summed E-state index contributed by atoms with van der Waals surface area (Å²) in [4.78, 5) is 14.0. The van der Waals surface area contributed by atoms with Crippen LogP contribution < -0.4 is 9.64 Å². The van der Waals surface area contributed by atoms with Gasteiger partial charge in [-0.25, -0.2) is 0 Å². The van der Waals surface area contributed by atoms with Gasteiger partial charge in [0.1, 0.15) is 11.8 Å². The molecule has 2 aromatic rings. The SMILES string of the molecule is CCC1C([N+](=O)[O-])C(c2ccc(Cl)cc2)C(C)=CN1c1ccc(OC)cc1. The number of anilines is 1. The number of hydrogen-bond donors (Lipinski definition) is 0. The van der Waals surface area contributed by atoms with Crippen molar-refractivity contribution in [3.8, 4) is 5.75 Å². The minimum Gasteiger partial charge on any atom is -0.497 e. The van der Waals surface area contributed by atoms with Gasteiger partial charge in [-0.3, -0.25) is 10.1 Å². The van der Waals surface area contributed by atoms with E-state index in [1.165, 1.54) is 0 Å². The van der Waals surface area contributed by atoms with Gasteiger partial charge in [0.25, 0.3) is 0 Å². The molecular formula is C21H23ClN2O3.